The molecule has 0 aliphatic carbocycles. The van der Waals surface area contributed by atoms with Crippen molar-refractivity contribution in [3.05, 3.63) is 29.3 Å². The number of carbonyl (C=O) groups excluding carboxylic acids is 1. The van der Waals surface area contributed by atoms with E-state index in [0.29, 0.717) is 0 Å². The first-order chi connectivity index (χ1) is 6.54. The van der Waals surface area contributed by atoms with Gasteiger partial charge in [0.15, 0.2) is 0 Å². The zero-order valence-corrected chi connectivity index (χ0v) is 7.93. The van der Waals surface area contributed by atoms with Crippen LogP contribution in [0.5, 0.6) is 5.75 Å². The van der Waals surface area contributed by atoms with Crippen LogP contribution in [0.25, 0.3) is 0 Å². The largest absolute Gasteiger partial charge is 0.426 e. The lowest BCUT2D eigenvalue weighted by molar-refractivity contribution is -0.134. The van der Waals surface area contributed by atoms with Crippen LogP contribution in [0.1, 0.15) is 18.9 Å². The van der Waals surface area contributed by atoms with Crippen molar-refractivity contribution in [1.82, 2.24) is 0 Å². The van der Waals surface area contributed by atoms with E-state index in [2.05, 4.69) is 0 Å². The highest BCUT2D eigenvalue weighted by Crippen LogP contribution is 2.22. The molecule has 14 heavy (non-hydrogen) atoms. The molecule has 0 unspecified atom stereocenters. The molecule has 1 aromatic rings. The van der Waals surface area contributed by atoms with E-state index in [9.17, 15) is 13.6 Å². The van der Waals surface area contributed by atoms with Gasteiger partial charge in [0.1, 0.15) is 17.4 Å². The minimum absolute atomic E-state index is 0.0608. The number of halogens is 2. The van der Waals surface area contributed by atoms with Crippen molar-refractivity contribution in [2.75, 3.05) is 0 Å². The predicted octanol–water partition coefficient (Wildman–Crippen LogP) is 2.59. The van der Waals surface area contributed by atoms with Crippen molar-refractivity contribution >= 4 is 5.97 Å². The van der Waals surface area contributed by atoms with Gasteiger partial charge in [0, 0.05) is 24.1 Å². The van der Waals surface area contributed by atoms with Crippen molar-refractivity contribution in [2.24, 2.45) is 0 Å². The van der Waals surface area contributed by atoms with Crippen molar-refractivity contribution < 1.29 is 18.3 Å². The van der Waals surface area contributed by atoms with Gasteiger partial charge in [0.2, 0.25) is 0 Å². The summed E-state index contributed by atoms with van der Waals surface area (Å²) in [6.07, 6.45) is 0.164. The number of esters is 1. The fourth-order valence-electron chi connectivity index (χ4n) is 0.923. The van der Waals surface area contributed by atoms with E-state index in [4.69, 9.17) is 4.74 Å². The molecule has 0 aromatic heterocycles. The van der Waals surface area contributed by atoms with Gasteiger partial charge in [-0.05, 0) is 6.92 Å². The third-order valence-electron chi connectivity index (χ3n) is 1.77. The Bertz CT molecular complexity index is 361. The molecular formula is C10H10F2O2. The summed E-state index contributed by atoms with van der Waals surface area (Å²) >= 11 is 0. The molecule has 0 N–H and O–H groups in total. The van der Waals surface area contributed by atoms with Crippen LogP contribution in [-0.4, -0.2) is 5.97 Å². The molecule has 0 bridgehead atoms. The predicted molar refractivity (Wildman–Crippen MR) is 47.0 cm³/mol. The van der Waals surface area contributed by atoms with Crippen molar-refractivity contribution in [1.29, 1.82) is 0 Å². The minimum atomic E-state index is -0.757. The number of hydrogen-bond acceptors (Lipinski definition) is 2. The Hall–Kier alpha value is -1.45. The van der Waals surface area contributed by atoms with Gasteiger partial charge in [-0.2, -0.15) is 0 Å². The molecule has 0 spiro atoms. The van der Waals surface area contributed by atoms with Gasteiger partial charge in [-0.3, -0.25) is 4.79 Å². The molecule has 0 heterocycles. The topological polar surface area (TPSA) is 26.3 Å². The number of ether oxygens (including phenoxy) is 1. The van der Waals surface area contributed by atoms with E-state index >= 15 is 0 Å². The third kappa shape index (κ3) is 2.28. The Morgan fingerprint density at radius 2 is 2.07 bits per heavy atom. The summed E-state index contributed by atoms with van der Waals surface area (Å²) in [6, 6.07) is 1.74. The lowest BCUT2D eigenvalue weighted by Crippen LogP contribution is -2.07. The second-order valence-corrected chi connectivity index (χ2v) is 2.84. The maximum atomic E-state index is 13.0. The SMILES string of the molecule is CCC(=O)Oc1cc(F)cc(F)c1C. The molecule has 0 radical (unpaired) electrons. The van der Waals surface area contributed by atoms with E-state index in [0.717, 1.165) is 12.1 Å². The molecule has 0 atom stereocenters. The molecule has 0 saturated heterocycles. The monoisotopic (exact) mass is 200 g/mol. The minimum Gasteiger partial charge on any atom is -0.426 e. The van der Waals surface area contributed by atoms with Crippen LogP contribution in [0, 0.1) is 18.6 Å². The normalized spacial score (nSPS) is 10.0. The number of carbonyl (C=O) groups is 1. The fraction of sp³-hybridized carbons (Fsp3) is 0.300. The maximum absolute atomic E-state index is 13.0. The number of rotatable bonds is 2. The van der Waals surface area contributed by atoms with Crippen LogP contribution >= 0.6 is 0 Å². The van der Waals surface area contributed by atoms with E-state index in [-0.39, 0.29) is 17.7 Å². The summed E-state index contributed by atoms with van der Waals surface area (Å²) in [4.78, 5) is 10.9. The molecule has 0 fully saturated rings. The van der Waals surface area contributed by atoms with Gasteiger partial charge in [-0.15, -0.1) is 0 Å². The number of benzene rings is 1. The zero-order valence-electron chi connectivity index (χ0n) is 7.93. The van der Waals surface area contributed by atoms with Gasteiger partial charge in [-0.25, -0.2) is 8.78 Å². The van der Waals surface area contributed by atoms with Gasteiger partial charge in [0.25, 0.3) is 0 Å². The second-order valence-electron chi connectivity index (χ2n) is 2.84. The molecule has 0 aliphatic rings. The highest BCUT2D eigenvalue weighted by atomic mass is 19.1. The second kappa shape index (κ2) is 4.17. The molecule has 4 heteroatoms. The Balaban J connectivity index is 3.02. The molecule has 0 amide bonds. The van der Waals surface area contributed by atoms with Gasteiger partial charge < -0.3 is 4.74 Å². The first-order valence-electron chi connectivity index (χ1n) is 4.21. The average molecular weight is 200 g/mol. The lowest BCUT2D eigenvalue weighted by Gasteiger charge is -2.06. The Morgan fingerprint density at radius 3 is 2.64 bits per heavy atom. The van der Waals surface area contributed by atoms with Crippen LogP contribution in [0.2, 0.25) is 0 Å². The van der Waals surface area contributed by atoms with Crippen LogP contribution < -0.4 is 4.74 Å². The molecule has 2 nitrogen and oxygen atoms in total. The van der Waals surface area contributed by atoms with E-state index < -0.39 is 17.6 Å². The Kier molecular flexibility index (Phi) is 3.17. The lowest BCUT2D eigenvalue weighted by atomic mass is 10.2. The summed E-state index contributed by atoms with van der Waals surface area (Å²) in [5, 5.41) is 0. The maximum Gasteiger partial charge on any atom is 0.310 e. The van der Waals surface area contributed by atoms with Gasteiger partial charge in [-0.1, -0.05) is 6.92 Å². The summed E-state index contributed by atoms with van der Waals surface area (Å²) in [5.74, 6) is -2.05. The van der Waals surface area contributed by atoms with Crippen molar-refractivity contribution in [2.45, 2.75) is 20.3 Å². The van der Waals surface area contributed by atoms with E-state index in [1.54, 1.807) is 6.92 Å². The first kappa shape index (κ1) is 10.6. The van der Waals surface area contributed by atoms with Crippen LogP contribution in [0.15, 0.2) is 12.1 Å². The first-order valence-corrected chi connectivity index (χ1v) is 4.21. The molecule has 1 aromatic carbocycles. The molecule has 0 aliphatic heterocycles. The highest BCUT2D eigenvalue weighted by molar-refractivity contribution is 5.72. The Labute approximate surface area is 80.5 Å². The fourth-order valence-corrected chi connectivity index (χ4v) is 0.923. The van der Waals surface area contributed by atoms with Crippen LogP contribution in [0.3, 0.4) is 0 Å². The molecular weight excluding hydrogens is 190 g/mol. The van der Waals surface area contributed by atoms with Crippen molar-refractivity contribution in [3.8, 4) is 5.75 Å². The summed E-state index contributed by atoms with van der Waals surface area (Å²) in [5.41, 5.74) is 0.133. The summed E-state index contributed by atoms with van der Waals surface area (Å²) in [6.45, 7) is 3.03. The summed E-state index contributed by atoms with van der Waals surface area (Å²) < 4.78 is 30.4. The third-order valence-corrected chi connectivity index (χ3v) is 1.77. The highest BCUT2D eigenvalue weighted by Gasteiger charge is 2.10. The number of hydrogen-bond donors (Lipinski definition) is 0. The van der Waals surface area contributed by atoms with Gasteiger partial charge in [0.05, 0.1) is 0 Å². The smallest absolute Gasteiger partial charge is 0.310 e. The quantitative estimate of drug-likeness (QED) is 0.541. The van der Waals surface area contributed by atoms with Crippen LogP contribution in [0.4, 0.5) is 8.78 Å². The van der Waals surface area contributed by atoms with E-state index in [1.165, 1.54) is 6.92 Å². The summed E-state index contributed by atoms with van der Waals surface area (Å²) in [7, 11) is 0. The van der Waals surface area contributed by atoms with Crippen LogP contribution in [-0.2, 0) is 4.79 Å². The van der Waals surface area contributed by atoms with Crippen molar-refractivity contribution in [3.63, 3.8) is 0 Å². The molecule has 1 rings (SSSR count). The zero-order chi connectivity index (χ0) is 10.7. The Morgan fingerprint density at radius 1 is 1.43 bits per heavy atom. The molecule has 0 saturated carbocycles. The average Bonchev–Trinajstić information content (AvgIpc) is 2.13. The van der Waals surface area contributed by atoms with Gasteiger partial charge >= 0.3 is 5.97 Å². The van der Waals surface area contributed by atoms with E-state index in [1.807, 2.05) is 0 Å². The standard InChI is InChI=1S/C10H10F2O2/c1-3-10(13)14-9-5-7(11)4-8(12)6(9)2/h4-5H,3H2,1-2H3. The molecule has 76 valence electrons.